The third kappa shape index (κ3) is 18.2. The first-order chi connectivity index (χ1) is 68.9. The van der Waals surface area contributed by atoms with Gasteiger partial charge < -0.3 is 50.1 Å². The normalized spacial score (nSPS) is 12.8. The lowest BCUT2D eigenvalue weighted by molar-refractivity contribution is -0.601. The Morgan fingerprint density at radius 2 is 0.943 bits per heavy atom. The number of carbonyl (C=O) groups is 2. The summed E-state index contributed by atoms with van der Waals surface area (Å²) in [6, 6.07) is 46.9. The van der Waals surface area contributed by atoms with Crippen LogP contribution in [0.2, 0.25) is 0 Å². The van der Waals surface area contributed by atoms with Gasteiger partial charge in [0.15, 0.2) is 40.5 Å². The Labute approximate surface area is 803 Å². The summed E-state index contributed by atoms with van der Waals surface area (Å²) in [5.41, 5.74) is 26.5. The average molecular weight is 1870 g/mol. The zero-order chi connectivity index (χ0) is 95.9. The molecule has 11 N–H and O–H groups in total. The summed E-state index contributed by atoms with van der Waals surface area (Å²) in [4.78, 5) is 102. The number of pyridine rings is 8. The lowest BCUT2D eigenvalue weighted by Gasteiger charge is -2.27. The molecule has 1 aliphatic carbocycles. The Morgan fingerprint density at radius 1 is 0.468 bits per heavy atom. The quantitative estimate of drug-likeness (QED) is 0.0316. The predicted octanol–water partition coefficient (Wildman–Crippen LogP) is 20.0. The molecule has 1 aliphatic heterocycles. The van der Waals surface area contributed by atoms with Gasteiger partial charge in [-0.05, 0) is 189 Å². The number of aromatic amines is 8. The lowest BCUT2D eigenvalue weighted by Crippen LogP contribution is -2.30. The summed E-state index contributed by atoms with van der Waals surface area (Å²) < 4.78 is 22.7. The second-order valence-electron chi connectivity index (χ2n) is 36.0. The number of halogens is 1. The largest absolute Gasteiger partial charge is 0.432 e. The number of amides is 2. The Hall–Kier alpha value is -18.3. The van der Waals surface area contributed by atoms with Crippen molar-refractivity contribution in [1.29, 1.82) is 0 Å². The topological polar surface area (TPSA) is 444 Å². The molecule has 2 aliphatic rings. The van der Waals surface area contributed by atoms with Crippen LogP contribution in [0.4, 0.5) is 33.0 Å². The molecule has 141 heavy (non-hydrogen) atoms. The third-order valence-electron chi connectivity index (χ3n) is 25.0. The number of benzene rings is 5. The van der Waals surface area contributed by atoms with Gasteiger partial charge in [-0.25, -0.2) is 39.3 Å². The molecule has 19 heterocycles. The molecule has 2 fully saturated rings. The third-order valence-corrected chi connectivity index (χ3v) is 25.0. The van der Waals surface area contributed by atoms with E-state index in [0.717, 1.165) is 199 Å². The van der Waals surface area contributed by atoms with Gasteiger partial charge in [-0.15, -0.1) is 0 Å². The van der Waals surface area contributed by atoms with Gasteiger partial charge in [-0.2, -0.15) is 25.0 Å². The number of rotatable bonds is 20. The van der Waals surface area contributed by atoms with Crippen molar-refractivity contribution in [2.24, 2.45) is 11.8 Å². The second-order valence-corrected chi connectivity index (χ2v) is 36.0. The van der Waals surface area contributed by atoms with Gasteiger partial charge in [0.1, 0.15) is 70.1 Å². The highest BCUT2D eigenvalue weighted by Crippen LogP contribution is 2.40. The molecule has 0 bridgehead atoms. The molecule has 0 atom stereocenters. The smallest absolute Gasteiger partial charge is 0.358 e. The standard InChI is InChI=1S/C29H24FN7O.C27H23N9O.C25H26N8.C24H21N8O/c1-16(2)10-25(38)33-21-12-19(14-31-15-21)17-6-7-23-22(13-17)27(37-36-23)29-34-24-8-9-32-26(28(24)35-29)18-4-3-5-20(30)11-18;1-15-13-36(14-30-15)26-24-22(7-8-29-26)32-25(33-24)23-20-10-17(5-6-21(20)34-35-23)18-9-19(12-28-11-18)31-27(37)16-3-2-4-16;1-32(2)18-12-17(14-26-15-18)16-6-7-20-19(13-16)22(31-30-20)24-28-21-8-9-27-25(23(21)29-24)33-10-4-3-5-11-33;1-14(2)27-17-9-16(11-25-12-17)15-3-4-19-18(10-15)21(31-30-19)23-28-20-5-6-26-24(22(20)29-23)32-7-8-33-13-32/h3-9,11-16H,10H2,1-2H3,(H,33,38)(H,34,35)(H,36,37);5-14,16H,2-4H2,1H3,(H,31,37)(H,32,33)(H,34,35);6-9,12-15H,3-5,10-11H2,1-2H3,(H,28,29)(H,30,31);3-14,27H,1-2H3,(H,28,29)(H,30,31)/q;;;+1. The van der Waals surface area contributed by atoms with Crippen molar-refractivity contribution >= 4 is 128 Å². The highest BCUT2D eigenvalue weighted by Gasteiger charge is 2.29. The minimum atomic E-state index is -0.332. The number of hydrogen-bond donors (Lipinski definition) is 11. The molecule has 698 valence electrons. The fraction of sp³-hybridized carbons (Fsp3) is 0.181. The van der Waals surface area contributed by atoms with E-state index in [2.05, 4.69) is 194 Å². The van der Waals surface area contributed by atoms with Gasteiger partial charge in [-0.1, -0.05) is 56.7 Å². The first-order valence-electron chi connectivity index (χ1n) is 46.5. The van der Waals surface area contributed by atoms with Gasteiger partial charge in [0.05, 0.1) is 96.9 Å². The van der Waals surface area contributed by atoms with Gasteiger partial charge in [0.2, 0.25) is 11.8 Å². The molecule has 2 amide bonds. The minimum Gasteiger partial charge on any atom is -0.432 e. The van der Waals surface area contributed by atoms with Crippen LogP contribution < -0.4 is 30.3 Å². The molecule has 25 rings (SSSR count). The highest BCUT2D eigenvalue weighted by molar-refractivity contribution is 6.03. The molecule has 0 radical (unpaired) electrons. The lowest BCUT2D eigenvalue weighted by atomic mass is 9.85. The number of aromatic nitrogens is 27. The van der Waals surface area contributed by atoms with Crippen molar-refractivity contribution in [3.63, 3.8) is 0 Å². The van der Waals surface area contributed by atoms with Crippen LogP contribution in [0.15, 0.2) is 256 Å². The zero-order valence-electron chi connectivity index (χ0n) is 77.8. The summed E-state index contributed by atoms with van der Waals surface area (Å²) in [5, 5.41) is 43.8. The molecular formula is C105H94FN32O3+. The Morgan fingerprint density at radius 3 is 1.44 bits per heavy atom. The monoisotopic (exact) mass is 1870 g/mol. The van der Waals surface area contributed by atoms with Crippen LogP contribution in [-0.2, 0) is 9.59 Å². The van der Waals surface area contributed by atoms with E-state index in [1.54, 1.807) is 79.2 Å². The Bertz CT molecular complexity index is 8590. The van der Waals surface area contributed by atoms with Crippen LogP contribution in [-0.4, -0.2) is 175 Å². The van der Waals surface area contributed by atoms with Crippen molar-refractivity contribution in [1.82, 2.24) is 130 Å². The molecule has 1 saturated carbocycles. The van der Waals surface area contributed by atoms with E-state index in [1.165, 1.54) is 31.4 Å². The number of H-pyrrole nitrogens is 8. The summed E-state index contributed by atoms with van der Waals surface area (Å²) in [5.74, 6) is 5.06. The van der Waals surface area contributed by atoms with Crippen LogP contribution in [0.3, 0.4) is 0 Å². The predicted molar refractivity (Wildman–Crippen MR) is 543 cm³/mol. The molecule has 0 unspecified atom stereocenters. The summed E-state index contributed by atoms with van der Waals surface area (Å²) in [6.07, 6.45) is 37.2. The molecule has 5 aromatic carbocycles. The molecule has 23 aromatic rings. The van der Waals surface area contributed by atoms with Gasteiger partial charge in [-0.3, -0.25) is 59.5 Å². The summed E-state index contributed by atoms with van der Waals surface area (Å²) in [6.45, 7) is 12.2. The number of anilines is 5. The minimum absolute atomic E-state index is 0.0384. The summed E-state index contributed by atoms with van der Waals surface area (Å²) in [7, 11) is 4.04. The fourth-order valence-electron chi connectivity index (χ4n) is 17.8. The van der Waals surface area contributed by atoms with Crippen molar-refractivity contribution < 1.29 is 23.0 Å². The molecule has 36 heteroatoms. The van der Waals surface area contributed by atoms with Crippen LogP contribution in [0.1, 0.15) is 78.3 Å². The van der Waals surface area contributed by atoms with Gasteiger partial charge >= 0.3 is 5.82 Å². The molecular weight excluding hydrogens is 1780 g/mol. The van der Waals surface area contributed by atoms with E-state index >= 15 is 0 Å². The molecule has 18 aromatic heterocycles. The first-order valence-corrected chi connectivity index (χ1v) is 46.5. The van der Waals surface area contributed by atoms with Crippen molar-refractivity contribution in [2.45, 2.75) is 85.6 Å². The second kappa shape index (κ2) is 37.8. The maximum atomic E-state index is 13.9. The SMILES string of the molecule is CC(C)CC(=O)Nc1cncc(-c2ccc3[nH]nc(-c4nc5c(-c6cccc(F)c6)nccc5[nH]4)c3c2)c1.CC(C)Nc1cncc(-c2ccc3[nH]nc(-c4nc5c(-[n+]6ccoc6)nccc5[nH]4)c3c2)c1.CN(C)c1cncc(-c2ccc3[nH]nc(-c4nc5c(N6CCCCC6)nccc5[nH]4)c3c2)c1.Cc1cn(-c2nccc3[nH]c(-c4n[nH]c5ccc(-c6cncc(NC(=O)C7CCC7)c6)cc45)nc23)cn1. The van der Waals surface area contributed by atoms with E-state index < -0.39 is 0 Å². The number of hydrogen-bond acceptors (Lipinski definition) is 23. The molecule has 35 nitrogen and oxygen atoms in total. The van der Waals surface area contributed by atoms with E-state index in [9.17, 15) is 14.0 Å². The number of carbonyl (C=O) groups excluding carboxylic acids is 2. The van der Waals surface area contributed by atoms with Crippen LogP contribution in [0.5, 0.6) is 0 Å². The van der Waals surface area contributed by atoms with E-state index in [1.807, 2.05) is 155 Å². The zero-order valence-corrected chi connectivity index (χ0v) is 77.8. The van der Waals surface area contributed by atoms with E-state index in [4.69, 9.17) is 24.4 Å². The van der Waals surface area contributed by atoms with Crippen LogP contribution >= 0.6 is 0 Å². The molecule has 1 saturated heterocycles. The van der Waals surface area contributed by atoms with E-state index in [-0.39, 0.29) is 29.5 Å². The number of oxazole rings is 1. The maximum absolute atomic E-state index is 13.9. The fourth-order valence-corrected chi connectivity index (χ4v) is 17.8. The highest BCUT2D eigenvalue weighted by atomic mass is 19.1. The van der Waals surface area contributed by atoms with Gasteiger partial charge in [0, 0.05) is 157 Å². The van der Waals surface area contributed by atoms with Crippen molar-refractivity contribution in [2.75, 3.05) is 52.9 Å². The molecule has 0 spiro atoms. The number of aryl methyl sites for hydroxylation is 1. The first kappa shape index (κ1) is 88.1. The van der Waals surface area contributed by atoms with Crippen LogP contribution in [0, 0.1) is 24.6 Å². The average Bonchev–Trinajstić information content (AvgIpc) is 1.63. The number of nitrogens with one attached hydrogen (secondary N) is 11. The Kier molecular flexibility index (Phi) is 23.6. The Balaban J connectivity index is 0.000000108. The maximum Gasteiger partial charge on any atom is 0.358 e. The number of imidazole rings is 5. The number of piperidine rings is 1. The van der Waals surface area contributed by atoms with Crippen LogP contribution in [0.25, 0.3) is 201 Å². The van der Waals surface area contributed by atoms with Crippen molar-refractivity contribution in [3.8, 4) is 113 Å². The number of fused-ring (bicyclic) bond motifs is 8. The van der Waals surface area contributed by atoms with E-state index in [0.29, 0.717) is 81.1 Å². The van der Waals surface area contributed by atoms with Gasteiger partial charge in [0.25, 0.3) is 6.39 Å². The van der Waals surface area contributed by atoms with Crippen molar-refractivity contribution in [3.05, 3.63) is 263 Å². The summed E-state index contributed by atoms with van der Waals surface area (Å²) >= 11 is 0. The number of nitrogens with zero attached hydrogens (tertiary/aromatic N) is 21.